The number of thiazole rings is 1. The Morgan fingerprint density at radius 3 is 2.62 bits per heavy atom. The highest BCUT2D eigenvalue weighted by molar-refractivity contribution is 7.22. The van der Waals surface area contributed by atoms with Gasteiger partial charge < -0.3 is 4.90 Å². The van der Waals surface area contributed by atoms with Gasteiger partial charge in [-0.25, -0.2) is 9.97 Å². The number of hydrogen-bond donors (Lipinski definition) is 1. The van der Waals surface area contributed by atoms with Crippen molar-refractivity contribution >= 4 is 50.0 Å². The number of hydrogen-bond acceptors (Lipinski definition) is 6. The first kappa shape index (κ1) is 30.6. The van der Waals surface area contributed by atoms with Crippen LogP contribution in [-0.2, 0) is 19.5 Å². The third-order valence-electron chi connectivity index (χ3n) is 10.8. The summed E-state index contributed by atoms with van der Waals surface area (Å²) in [5.74, 6) is 3.25. The number of nitrogens with one attached hydrogen (secondary N) is 1. The molecule has 0 saturated heterocycles. The van der Waals surface area contributed by atoms with Crippen LogP contribution in [0.25, 0.3) is 21.3 Å². The van der Waals surface area contributed by atoms with E-state index in [0.29, 0.717) is 22.4 Å². The number of fused-ring (bicyclic) bond motifs is 4. The zero-order valence-corrected chi connectivity index (χ0v) is 28.9. The zero-order chi connectivity index (χ0) is 32.3. The lowest BCUT2D eigenvalue weighted by molar-refractivity contribution is 0.0326. The molecular weight excluding hydrogens is 624 g/mol. The topological polar surface area (TPSA) is 75.9 Å². The fourth-order valence-electron chi connectivity index (χ4n) is 8.95. The Morgan fingerprint density at radius 2 is 1.83 bits per heavy atom. The maximum absolute atomic E-state index is 13.5. The maximum atomic E-state index is 13.5. The maximum Gasteiger partial charge on any atom is 0.257 e. The van der Waals surface area contributed by atoms with Crippen molar-refractivity contribution in [3.05, 3.63) is 88.3 Å². The Morgan fingerprint density at radius 1 is 1.02 bits per heavy atom. The van der Waals surface area contributed by atoms with Crippen LogP contribution in [0.4, 0.5) is 10.9 Å². The predicted octanol–water partition coefficient (Wildman–Crippen LogP) is 9.18. The van der Waals surface area contributed by atoms with E-state index in [0.717, 1.165) is 75.7 Å². The van der Waals surface area contributed by atoms with Crippen LogP contribution in [0.2, 0.25) is 5.15 Å². The van der Waals surface area contributed by atoms with Gasteiger partial charge in [-0.3, -0.25) is 14.8 Å². The number of rotatable bonds is 6. The molecule has 4 heterocycles. The van der Waals surface area contributed by atoms with Crippen molar-refractivity contribution in [3.8, 4) is 11.1 Å². The molecule has 3 aliphatic rings. The largest absolute Gasteiger partial charge is 0.352 e. The molecule has 2 fully saturated rings. The quantitative estimate of drug-likeness (QED) is 0.183. The third-order valence-corrected chi connectivity index (χ3v) is 12.1. The van der Waals surface area contributed by atoms with Crippen molar-refractivity contribution < 1.29 is 4.79 Å². The average Bonchev–Trinajstić information content (AvgIpc) is 3.61. The smallest absolute Gasteiger partial charge is 0.257 e. The lowest BCUT2D eigenvalue weighted by Gasteiger charge is -2.47. The monoisotopic (exact) mass is 664 g/mol. The first-order valence-corrected chi connectivity index (χ1v) is 18.1. The Labute approximate surface area is 285 Å². The van der Waals surface area contributed by atoms with Crippen LogP contribution in [0.5, 0.6) is 0 Å². The number of pyridine rings is 1. The number of halogens is 1. The average molecular weight is 665 g/mol. The van der Waals surface area contributed by atoms with Crippen LogP contribution in [-0.4, -0.2) is 32.2 Å². The molecule has 47 heavy (non-hydrogen) atoms. The highest BCUT2D eigenvalue weighted by Crippen LogP contribution is 2.51. The minimum absolute atomic E-state index is 0.142. The fourth-order valence-corrected chi connectivity index (χ4v) is 10.1. The summed E-state index contributed by atoms with van der Waals surface area (Å²) in [6, 6.07) is 18.0. The molecule has 2 aromatic carbocycles. The molecule has 2 unspecified atom stereocenters. The number of nitrogens with zero attached hydrogens (tertiary/aromatic N) is 5. The van der Waals surface area contributed by atoms with Gasteiger partial charge in [0, 0.05) is 42.0 Å². The third kappa shape index (κ3) is 5.95. The molecule has 3 aromatic heterocycles. The number of amides is 1. The first-order valence-electron chi connectivity index (χ1n) is 16.9. The van der Waals surface area contributed by atoms with Gasteiger partial charge in [0.15, 0.2) is 5.13 Å². The van der Waals surface area contributed by atoms with Gasteiger partial charge >= 0.3 is 0 Å². The van der Waals surface area contributed by atoms with Crippen LogP contribution in [0.1, 0.15) is 73.1 Å². The van der Waals surface area contributed by atoms with Crippen molar-refractivity contribution in [2.24, 2.45) is 23.2 Å². The summed E-state index contributed by atoms with van der Waals surface area (Å²) >= 11 is 8.41. The van der Waals surface area contributed by atoms with Gasteiger partial charge in [-0.2, -0.15) is 5.10 Å². The summed E-state index contributed by atoms with van der Waals surface area (Å²) in [5.41, 5.74) is 7.14. The molecule has 9 heteroatoms. The molecule has 7 nitrogen and oxygen atoms in total. The minimum atomic E-state index is -0.142. The minimum Gasteiger partial charge on any atom is -0.352 e. The van der Waals surface area contributed by atoms with E-state index in [9.17, 15) is 4.79 Å². The molecule has 8 rings (SSSR count). The zero-order valence-electron chi connectivity index (χ0n) is 27.3. The molecule has 5 aromatic rings. The Kier molecular flexibility index (Phi) is 7.84. The summed E-state index contributed by atoms with van der Waals surface area (Å²) in [7, 11) is 0. The number of para-hydroxylation sites is 1. The standard InChI is InChI=1S/C38H41ClN6OS/c1-23-15-25-17-26(16-23)19-38(3,18-25)22-45-24(2)30(20-40-45)28-11-12-34(42-35(28)39)44-14-13-27-7-6-8-29(31(27)21-44)36(46)43-37-41-32-9-4-5-10-33(32)47-37/h4-12,20,23,25-26H,13-19,21-22H2,1-3H3,(H,41,43,46). The van der Waals surface area contributed by atoms with Crippen molar-refractivity contribution in [2.45, 2.75) is 72.4 Å². The van der Waals surface area contributed by atoms with Crippen molar-refractivity contribution in [1.29, 1.82) is 0 Å². The Bertz CT molecular complexity index is 1930. The van der Waals surface area contributed by atoms with Crippen molar-refractivity contribution in [2.75, 3.05) is 16.8 Å². The molecule has 2 saturated carbocycles. The number of carbonyl (C=O) groups is 1. The highest BCUT2D eigenvalue weighted by atomic mass is 35.5. The predicted molar refractivity (Wildman–Crippen MR) is 191 cm³/mol. The van der Waals surface area contributed by atoms with Crippen molar-refractivity contribution in [1.82, 2.24) is 19.7 Å². The number of anilines is 2. The summed E-state index contributed by atoms with van der Waals surface area (Å²) in [4.78, 5) is 25.2. The van der Waals surface area contributed by atoms with E-state index >= 15 is 0 Å². The van der Waals surface area contributed by atoms with Crippen LogP contribution < -0.4 is 10.2 Å². The second-order valence-corrected chi connectivity index (χ2v) is 16.0. The molecule has 242 valence electrons. The fraction of sp³-hybridized carbons (Fsp3) is 0.421. The van der Waals surface area contributed by atoms with Gasteiger partial charge in [-0.15, -0.1) is 0 Å². The van der Waals surface area contributed by atoms with E-state index in [4.69, 9.17) is 21.7 Å². The molecule has 1 aliphatic heterocycles. The molecule has 0 radical (unpaired) electrons. The molecule has 1 N–H and O–H groups in total. The molecule has 2 aliphatic carbocycles. The first-order chi connectivity index (χ1) is 22.7. The van der Waals surface area contributed by atoms with E-state index in [2.05, 4.69) is 58.9 Å². The van der Waals surface area contributed by atoms with E-state index in [1.54, 1.807) is 0 Å². The molecule has 2 atom stereocenters. The normalized spacial score (nSPS) is 23.9. The molecule has 1 amide bonds. The SMILES string of the molecule is Cc1c(-c2ccc(N3CCc4cccc(C(=O)Nc5nc6ccccc6s5)c4C3)nc2Cl)cnn1CC1(C)CC2CC(C)CC(C2)C1. The summed E-state index contributed by atoms with van der Waals surface area (Å²) in [5, 5.41) is 8.99. The Balaban J connectivity index is 0.990. The van der Waals surface area contributed by atoms with Gasteiger partial charge in [0.2, 0.25) is 0 Å². The van der Waals surface area contributed by atoms with Gasteiger partial charge in [0.1, 0.15) is 11.0 Å². The van der Waals surface area contributed by atoms with Crippen LogP contribution in [0.3, 0.4) is 0 Å². The second kappa shape index (κ2) is 12.0. The van der Waals surface area contributed by atoms with Gasteiger partial charge in [0.25, 0.3) is 5.91 Å². The van der Waals surface area contributed by atoms with Gasteiger partial charge in [0.05, 0.1) is 16.4 Å². The van der Waals surface area contributed by atoms with Crippen molar-refractivity contribution in [3.63, 3.8) is 0 Å². The van der Waals surface area contributed by atoms with Crippen LogP contribution in [0.15, 0.2) is 60.8 Å². The van der Waals surface area contributed by atoms with Gasteiger partial charge in [-0.05, 0) is 110 Å². The highest BCUT2D eigenvalue weighted by Gasteiger charge is 2.41. The number of benzene rings is 2. The van der Waals surface area contributed by atoms with E-state index in [1.807, 2.05) is 42.6 Å². The Hall–Kier alpha value is -3.75. The lowest BCUT2D eigenvalue weighted by Crippen LogP contribution is -2.38. The second-order valence-electron chi connectivity index (χ2n) is 14.6. The molecular formula is C38H41ClN6OS. The van der Waals surface area contributed by atoms with Crippen LogP contribution in [0, 0.1) is 30.1 Å². The molecule has 2 bridgehead atoms. The molecule has 0 spiro atoms. The van der Waals surface area contributed by atoms with E-state index in [-0.39, 0.29) is 11.3 Å². The summed E-state index contributed by atoms with van der Waals surface area (Å²) < 4.78 is 3.25. The lowest BCUT2D eigenvalue weighted by atomic mass is 9.59. The number of carbonyl (C=O) groups excluding carboxylic acids is 1. The summed E-state index contributed by atoms with van der Waals surface area (Å²) in [6.07, 6.45) is 9.55. The van der Waals surface area contributed by atoms with E-state index in [1.165, 1.54) is 49.0 Å². The van der Waals surface area contributed by atoms with E-state index < -0.39 is 0 Å². The van der Waals surface area contributed by atoms with Gasteiger partial charge in [-0.1, -0.05) is 61.1 Å². The van der Waals surface area contributed by atoms with Crippen LogP contribution >= 0.6 is 22.9 Å². The number of aromatic nitrogens is 4. The summed E-state index contributed by atoms with van der Waals surface area (Å²) in [6.45, 7) is 9.39.